The number of fused-ring (bicyclic) bond motifs is 1. The molecule has 5 nitrogen and oxygen atoms in total. The van der Waals surface area contributed by atoms with Crippen LogP contribution < -0.4 is 0 Å². The van der Waals surface area contributed by atoms with E-state index in [2.05, 4.69) is 28.5 Å². The van der Waals surface area contributed by atoms with Crippen LogP contribution in [0.3, 0.4) is 0 Å². The van der Waals surface area contributed by atoms with Gasteiger partial charge in [0, 0.05) is 7.05 Å². The molecular formula is C14H18N4OS. The summed E-state index contributed by atoms with van der Waals surface area (Å²) >= 11 is 5.48. The quantitative estimate of drug-likeness (QED) is 0.747. The highest BCUT2D eigenvalue weighted by Gasteiger charge is 2.20. The second kappa shape index (κ2) is 4.94. The van der Waals surface area contributed by atoms with Crippen molar-refractivity contribution in [3.63, 3.8) is 0 Å². The van der Waals surface area contributed by atoms with Crippen LogP contribution in [-0.2, 0) is 13.5 Å². The number of rotatable bonds is 4. The molecule has 0 aliphatic rings. The lowest BCUT2D eigenvalue weighted by Gasteiger charge is -2.11. The van der Waals surface area contributed by atoms with E-state index in [0.29, 0.717) is 4.77 Å². The summed E-state index contributed by atoms with van der Waals surface area (Å²) in [5.74, 6) is 0.889. The Labute approximate surface area is 122 Å². The highest BCUT2D eigenvalue weighted by Crippen LogP contribution is 2.26. The number of nitrogens with one attached hydrogen (secondary N) is 1. The first kappa shape index (κ1) is 13.2. The molecule has 0 spiro atoms. The molecule has 0 amide bonds. The van der Waals surface area contributed by atoms with E-state index in [-0.39, 0.29) is 6.04 Å². The largest absolute Gasteiger partial charge is 0.467 e. The molecule has 20 heavy (non-hydrogen) atoms. The van der Waals surface area contributed by atoms with Crippen LogP contribution in [-0.4, -0.2) is 19.3 Å². The van der Waals surface area contributed by atoms with Crippen molar-refractivity contribution in [1.82, 2.24) is 19.3 Å². The summed E-state index contributed by atoms with van der Waals surface area (Å²) in [4.78, 5) is 3.30. The maximum absolute atomic E-state index is 5.51. The SMILES string of the molecule is CCCc1nn(C)c2c1[nH]c(=S)n2C(C)c1ccco1. The fourth-order valence-corrected chi connectivity index (χ4v) is 3.01. The van der Waals surface area contributed by atoms with Gasteiger partial charge in [-0.05, 0) is 37.7 Å². The van der Waals surface area contributed by atoms with Gasteiger partial charge in [0.25, 0.3) is 0 Å². The van der Waals surface area contributed by atoms with Crippen LogP contribution in [0.25, 0.3) is 11.2 Å². The van der Waals surface area contributed by atoms with Gasteiger partial charge in [0.1, 0.15) is 11.3 Å². The molecular weight excluding hydrogens is 272 g/mol. The molecule has 1 N–H and O–H groups in total. The molecule has 0 aliphatic carbocycles. The van der Waals surface area contributed by atoms with Crippen molar-refractivity contribution in [2.45, 2.75) is 32.7 Å². The molecule has 1 atom stereocenters. The third kappa shape index (κ3) is 1.91. The monoisotopic (exact) mass is 290 g/mol. The van der Waals surface area contributed by atoms with Crippen molar-refractivity contribution in [2.24, 2.45) is 7.05 Å². The molecule has 3 aromatic rings. The van der Waals surface area contributed by atoms with Gasteiger partial charge >= 0.3 is 0 Å². The zero-order valence-electron chi connectivity index (χ0n) is 11.9. The van der Waals surface area contributed by atoms with Crippen molar-refractivity contribution >= 4 is 23.4 Å². The Kier molecular flexibility index (Phi) is 3.25. The second-order valence-corrected chi connectivity index (χ2v) is 5.40. The van der Waals surface area contributed by atoms with E-state index in [1.165, 1.54) is 0 Å². The predicted molar refractivity (Wildman–Crippen MR) is 80.4 cm³/mol. The van der Waals surface area contributed by atoms with Gasteiger partial charge in [-0.15, -0.1) is 0 Å². The molecule has 3 rings (SSSR count). The first-order valence-corrected chi connectivity index (χ1v) is 7.23. The number of hydrogen-bond acceptors (Lipinski definition) is 3. The maximum Gasteiger partial charge on any atom is 0.180 e. The van der Waals surface area contributed by atoms with E-state index in [1.807, 2.05) is 23.9 Å². The lowest BCUT2D eigenvalue weighted by molar-refractivity contribution is 0.445. The Morgan fingerprint density at radius 1 is 1.50 bits per heavy atom. The number of aromatic nitrogens is 4. The summed E-state index contributed by atoms with van der Waals surface area (Å²) in [6, 6.07) is 3.90. The van der Waals surface area contributed by atoms with Crippen LogP contribution in [0.2, 0.25) is 0 Å². The van der Waals surface area contributed by atoms with Gasteiger partial charge in [-0.2, -0.15) is 5.10 Å². The minimum atomic E-state index is 0.0381. The molecule has 0 aromatic carbocycles. The molecule has 0 saturated heterocycles. The summed E-state index contributed by atoms with van der Waals surface area (Å²) in [6.45, 7) is 4.23. The van der Waals surface area contributed by atoms with Gasteiger partial charge < -0.3 is 9.40 Å². The van der Waals surface area contributed by atoms with Crippen LogP contribution in [0.1, 0.15) is 37.8 Å². The fraction of sp³-hybridized carbons (Fsp3) is 0.429. The zero-order chi connectivity index (χ0) is 14.3. The highest BCUT2D eigenvalue weighted by molar-refractivity contribution is 7.71. The van der Waals surface area contributed by atoms with Crippen LogP contribution in [0.15, 0.2) is 22.8 Å². The molecule has 3 heterocycles. The molecule has 0 radical (unpaired) electrons. The number of furan rings is 1. The van der Waals surface area contributed by atoms with E-state index in [4.69, 9.17) is 16.6 Å². The minimum absolute atomic E-state index is 0.0381. The van der Waals surface area contributed by atoms with Gasteiger partial charge in [0.2, 0.25) is 0 Å². The summed E-state index contributed by atoms with van der Waals surface area (Å²) < 4.78 is 10.2. The maximum atomic E-state index is 5.51. The number of H-pyrrole nitrogens is 1. The van der Waals surface area contributed by atoms with Crippen molar-refractivity contribution in [3.05, 3.63) is 34.6 Å². The predicted octanol–water partition coefficient (Wildman–Crippen LogP) is 3.59. The number of aromatic amines is 1. The molecule has 0 aliphatic heterocycles. The number of aryl methyl sites for hydroxylation is 2. The normalized spacial score (nSPS) is 13.2. The van der Waals surface area contributed by atoms with Crippen molar-refractivity contribution in [1.29, 1.82) is 0 Å². The summed E-state index contributed by atoms with van der Waals surface area (Å²) in [5.41, 5.74) is 3.13. The Bertz CT molecular complexity index is 778. The van der Waals surface area contributed by atoms with E-state index in [0.717, 1.165) is 35.5 Å². The topological polar surface area (TPSA) is 51.7 Å². The number of nitrogens with zero attached hydrogens (tertiary/aromatic N) is 3. The van der Waals surface area contributed by atoms with Crippen LogP contribution in [0.4, 0.5) is 0 Å². The minimum Gasteiger partial charge on any atom is -0.467 e. The van der Waals surface area contributed by atoms with Crippen molar-refractivity contribution in [2.75, 3.05) is 0 Å². The van der Waals surface area contributed by atoms with E-state index in [1.54, 1.807) is 6.26 Å². The first-order valence-electron chi connectivity index (χ1n) is 6.83. The van der Waals surface area contributed by atoms with E-state index < -0.39 is 0 Å². The van der Waals surface area contributed by atoms with Crippen LogP contribution in [0, 0.1) is 4.77 Å². The van der Waals surface area contributed by atoms with Gasteiger partial charge in [0.05, 0.1) is 18.0 Å². The third-order valence-corrected chi connectivity index (χ3v) is 3.90. The summed E-state index contributed by atoms with van der Waals surface area (Å²) in [5, 5.41) is 4.59. The van der Waals surface area contributed by atoms with Gasteiger partial charge in [-0.25, -0.2) is 0 Å². The standard InChI is InChI=1S/C14H18N4OS/c1-4-6-10-12-13(17(3)16-10)18(14(20)15-12)9(2)11-7-5-8-19-11/h5,7-9H,4,6H2,1-3H3,(H,15,20). The van der Waals surface area contributed by atoms with Gasteiger partial charge in [0.15, 0.2) is 10.4 Å². The zero-order valence-corrected chi connectivity index (χ0v) is 12.7. The average molecular weight is 290 g/mol. The number of imidazole rings is 1. The van der Waals surface area contributed by atoms with E-state index >= 15 is 0 Å². The molecule has 1 unspecified atom stereocenters. The van der Waals surface area contributed by atoms with E-state index in [9.17, 15) is 0 Å². The fourth-order valence-electron chi connectivity index (χ4n) is 2.66. The molecule has 3 aromatic heterocycles. The number of hydrogen-bond donors (Lipinski definition) is 1. The Morgan fingerprint density at radius 3 is 2.95 bits per heavy atom. The summed E-state index contributed by atoms with van der Waals surface area (Å²) in [7, 11) is 1.95. The Balaban J connectivity index is 2.21. The molecule has 0 saturated carbocycles. The van der Waals surface area contributed by atoms with Crippen LogP contribution in [0.5, 0.6) is 0 Å². The second-order valence-electron chi connectivity index (χ2n) is 5.01. The molecule has 6 heteroatoms. The highest BCUT2D eigenvalue weighted by atomic mass is 32.1. The van der Waals surface area contributed by atoms with Crippen molar-refractivity contribution in [3.8, 4) is 0 Å². The Morgan fingerprint density at radius 2 is 2.30 bits per heavy atom. The van der Waals surface area contributed by atoms with Gasteiger partial charge in [-0.3, -0.25) is 9.25 Å². The van der Waals surface area contributed by atoms with Crippen LogP contribution >= 0.6 is 12.2 Å². The Hall–Kier alpha value is -1.82. The molecule has 0 bridgehead atoms. The first-order chi connectivity index (χ1) is 9.63. The van der Waals surface area contributed by atoms with Gasteiger partial charge in [-0.1, -0.05) is 13.3 Å². The third-order valence-electron chi connectivity index (χ3n) is 3.60. The molecule has 106 valence electrons. The summed E-state index contributed by atoms with van der Waals surface area (Å²) in [6.07, 6.45) is 3.69. The lowest BCUT2D eigenvalue weighted by atomic mass is 10.2. The lowest BCUT2D eigenvalue weighted by Crippen LogP contribution is -2.09. The smallest absolute Gasteiger partial charge is 0.180 e. The van der Waals surface area contributed by atoms with Crippen molar-refractivity contribution < 1.29 is 4.42 Å². The average Bonchev–Trinajstić information content (AvgIpc) is 3.09. The molecule has 0 fully saturated rings.